The highest BCUT2D eigenvalue weighted by molar-refractivity contribution is 7.13. The second-order valence-electron chi connectivity index (χ2n) is 5.84. The molecule has 1 amide bonds. The van der Waals surface area contributed by atoms with E-state index in [1.807, 2.05) is 43.5 Å². The van der Waals surface area contributed by atoms with Crippen molar-refractivity contribution in [2.24, 2.45) is 0 Å². The Morgan fingerprint density at radius 3 is 2.92 bits per heavy atom. The van der Waals surface area contributed by atoms with E-state index in [0.29, 0.717) is 5.75 Å². The highest BCUT2D eigenvalue weighted by Gasteiger charge is 2.17. The summed E-state index contributed by atoms with van der Waals surface area (Å²) in [4.78, 5) is 25.0. The number of thiophene rings is 1. The minimum absolute atomic E-state index is 0.214. The molecule has 136 valence electrons. The molecular weight excluding hydrogens is 354 g/mol. The van der Waals surface area contributed by atoms with E-state index in [0.717, 1.165) is 20.7 Å². The molecule has 1 N–H and O–H groups in total. The highest BCUT2D eigenvalue weighted by Crippen LogP contribution is 2.26. The molecule has 8 heteroatoms. The molecule has 0 aliphatic rings. The SMILES string of the molecule is COc1ccc(C)cc1C(C)NC(=O)Cn1nc(-c2cccs2)oc1=O. The smallest absolute Gasteiger partial charge is 0.437 e. The number of hydrogen-bond donors (Lipinski definition) is 1. The lowest BCUT2D eigenvalue weighted by Crippen LogP contribution is -2.33. The maximum absolute atomic E-state index is 12.3. The van der Waals surface area contributed by atoms with E-state index in [9.17, 15) is 9.59 Å². The third-order valence-electron chi connectivity index (χ3n) is 3.86. The first kappa shape index (κ1) is 17.9. The van der Waals surface area contributed by atoms with E-state index >= 15 is 0 Å². The Morgan fingerprint density at radius 1 is 1.42 bits per heavy atom. The third-order valence-corrected chi connectivity index (χ3v) is 4.72. The van der Waals surface area contributed by atoms with E-state index < -0.39 is 5.76 Å². The molecule has 2 aromatic heterocycles. The Bertz CT molecular complexity index is 959. The number of nitrogens with one attached hydrogen (secondary N) is 1. The van der Waals surface area contributed by atoms with Gasteiger partial charge in [-0.15, -0.1) is 16.4 Å². The molecule has 7 nitrogen and oxygen atoms in total. The Morgan fingerprint density at radius 2 is 2.23 bits per heavy atom. The molecule has 0 bridgehead atoms. The zero-order chi connectivity index (χ0) is 18.7. The largest absolute Gasteiger partial charge is 0.496 e. The average molecular weight is 373 g/mol. The summed E-state index contributed by atoms with van der Waals surface area (Å²) in [5, 5.41) is 8.80. The summed E-state index contributed by atoms with van der Waals surface area (Å²) >= 11 is 1.41. The first-order chi connectivity index (χ1) is 12.5. The predicted octanol–water partition coefficient (Wildman–Crippen LogP) is 2.76. The normalized spacial score (nSPS) is 12.0. The molecule has 0 aliphatic heterocycles. The third kappa shape index (κ3) is 3.85. The molecule has 2 heterocycles. The van der Waals surface area contributed by atoms with Crippen molar-refractivity contribution in [3.8, 4) is 16.5 Å². The number of ether oxygens (including phenoxy) is 1. The summed E-state index contributed by atoms with van der Waals surface area (Å²) in [5.74, 6) is -0.0910. The molecule has 0 spiro atoms. The van der Waals surface area contributed by atoms with Gasteiger partial charge in [-0.05, 0) is 31.4 Å². The van der Waals surface area contributed by atoms with Crippen molar-refractivity contribution in [1.29, 1.82) is 0 Å². The number of methoxy groups -OCH3 is 1. The van der Waals surface area contributed by atoms with Gasteiger partial charge in [-0.2, -0.15) is 4.68 Å². The summed E-state index contributed by atoms with van der Waals surface area (Å²) in [6.07, 6.45) is 0. The summed E-state index contributed by atoms with van der Waals surface area (Å²) in [6, 6.07) is 9.12. The van der Waals surface area contributed by atoms with E-state index in [4.69, 9.17) is 9.15 Å². The number of hydrogen-bond acceptors (Lipinski definition) is 6. The van der Waals surface area contributed by atoms with Crippen LogP contribution in [0.25, 0.3) is 10.8 Å². The zero-order valence-electron chi connectivity index (χ0n) is 14.7. The van der Waals surface area contributed by atoms with Crippen LogP contribution in [0.15, 0.2) is 44.9 Å². The van der Waals surface area contributed by atoms with Crippen LogP contribution in [-0.4, -0.2) is 22.8 Å². The molecular formula is C18H19N3O4S. The molecule has 0 saturated carbocycles. The van der Waals surface area contributed by atoms with Crippen molar-refractivity contribution in [2.45, 2.75) is 26.4 Å². The van der Waals surface area contributed by atoms with Crippen LogP contribution in [-0.2, 0) is 11.3 Å². The van der Waals surface area contributed by atoms with Crippen LogP contribution in [0, 0.1) is 6.92 Å². The molecule has 1 unspecified atom stereocenters. The second-order valence-corrected chi connectivity index (χ2v) is 6.79. The second kappa shape index (κ2) is 7.57. The molecule has 3 aromatic rings. The van der Waals surface area contributed by atoms with Crippen LogP contribution < -0.4 is 15.8 Å². The number of benzene rings is 1. The Kier molecular flexibility index (Phi) is 5.22. The van der Waals surface area contributed by atoms with Crippen molar-refractivity contribution in [1.82, 2.24) is 15.1 Å². The number of aryl methyl sites for hydroxylation is 1. The van der Waals surface area contributed by atoms with Gasteiger partial charge in [0.15, 0.2) is 0 Å². The van der Waals surface area contributed by atoms with Crippen molar-refractivity contribution in [2.75, 3.05) is 7.11 Å². The monoisotopic (exact) mass is 373 g/mol. The fourth-order valence-corrected chi connectivity index (χ4v) is 3.24. The van der Waals surface area contributed by atoms with E-state index in [1.54, 1.807) is 13.2 Å². The summed E-state index contributed by atoms with van der Waals surface area (Å²) in [6.45, 7) is 3.61. The van der Waals surface area contributed by atoms with Crippen LogP contribution in [0.5, 0.6) is 5.75 Å². The van der Waals surface area contributed by atoms with Crippen LogP contribution in [0.1, 0.15) is 24.1 Å². The fraction of sp³-hybridized carbons (Fsp3) is 0.278. The topological polar surface area (TPSA) is 86.4 Å². The van der Waals surface area contributed by atoms with Gasteiger partial charge in [-0.3, -0.25) is 4.79 Å². The maximum Gasteiger partial charge on any atom is 0.437 e. The summed E-state index contributed by atoms with van der Waals surface area (Å²) in [5.41, 5.74) is 1.93. The maximum atomic E-state index is 12.3. The van der Waals surface area contributed by atoms with Gasteiger partial charge in [-0.1, -0.05) is 23.8 Å². The molecule has 1 aromatic carbocycles. The number of aromatic nitrogens is 2. The first-order valence-corrected chi connectivity index (χ1v) is 8.91. The quantitative estimate of drug-likeness (QED) is 0.718. The Labute approximate surface area is 154 Å². The lowest BCUT2D eigenvalue weighted by atomic mass is 10.0. The van der Waals surface area contributed by atoms with Gasteiger partial charge >= 0.3 is 5.76 Å². The minimum Gasteiger partial charge on any atom is -0.496 e. The van der Waals surface area contributed by atoms with Crippen LogP contribution >= 0.6 is 11.3 Å². The number of amides is 1. The molecule has 26 heavy (non-hydrogen) atoms. The van der Waals surface area contributed by atoms with Gasteiger partial charge in [0.1, 0.15) is 12.3 Å². The summed E-state index contributed by atoms with van der Waals surface area (Å²) < 4.78 is 11.5. The number of carbonyl (C=O) groups is 1. The lowest BCUT2D eigenvalue weighted by molar-refractivity contribution is -0.122. The van der Waals surface area contributed by atoms with E-state index in [-0.39, 0.29) is 24.4 Å². The van der Waals surface area contributed by atoms with Gasteiger partial charge in [0.25, 0.3) is 5.89 Å². The number of nitrogens with zero attached hydrogens (tertiary/aromatic N) is 2. The van der Waals surface area contributed by atoms with Gasteiger partial charge in [-0.25, -0.2) is 4.79 Å². The zero-order valence-corrected chi connectivity index (χ0v) is 15.5. The van der Waals surface area contributed by atoms with Crippen molar-refractivity contribution < 1.29 is 13.9 Å². The predicted molar refractivity (Wildman–Crippen MR) is 98.4 cm³/mol. The van der Waals surface area contributed by atoms with Crippen molar-refractivity contribution in [3.05, 3.63) is 57.4 Å². The highest BCUT2D eigenvalue weighted by atomic mass is 32.1. The first-order valence-electron chi connectivity index (χ1n) is 8.03. The van der Waals surface area contributed by atoms with Crippen LogP contribution in [0.4, 0.5) is 0 Å². The Hall–Kier alpha value is -2.87. The molecule has 1 atom stereocenters. The number of carbonyl (C=O) groups excluding carboxylic acids is 1. The van der Waals surface area contributed by atoms with Crippen molar-refractivity contribution >= 4 is 17.2 Å². The molecule has 0 radical (unpaired) electrons. The van der Waals surface area contributed by atoms with Gasteiger partial charge in [0, 0.05) is 5.56 Å². The van der Waals surface area contributed by atoms with Gasteiger partial charge in [0.05, 0.1) is 18.0 Å². The van der Waals surface area contributed by atoms with Crippen LogP contribution in [0.2, 0.25) is 0 Å². The minimum atomic E-state index is -0.663. The molecule has 0 fully saturated rings. The summed E-state index contributed by atoms with van der Waals surface area (Å²) in [7, 11) is 1.59. The van der Waals surface area contributed by atoms with Crippen molar-refractivity contribution in [3.63, 3.8) is 0 Å². The van der Waals surface area contributed by atoms with E-state index in [1.165, 1.54) is 11.3 Å². The van der Waals surface area contributed by atoms with Gasteiger partial charge in [0.2, 0.25) is 5.91 Å². The van der Waals surface area contributed by atoms with Crippen LogP contribution in [0.3, 0.4) is 0 Å². The average Bonchev–Trinajstić information content (AvgIpc) is 3.25. The fourth-order valence-electron chi connectivity index (χ4n) is 2.60. The molecule has 0 aliphatic carbocycles. The standard InChI is InChI=1S/C18H19N3O4S/c1-11-6-7-14(24-3)13(9-11)12(2)19-16(22)10-21-18(23)25-17(20-21)15-5-4-8-26-15/h4-9,12H,10H2,1-3H3,(H,19,22). The molecule has 0 saturated heterocycles. The van der Waals surface area contributed by atoms with E-state index in [2.05, 4.69) is 10.4 Å². The molecule has 3 rings (SSSR count). The Balaban J connectivity index is 1.71. The lowest BCUT2D eigenvalue weighted by Gasteiger charge is -2.17. The number of rotatable bonds is 6. The van der Waals surface area contributed by atoms with Gasteiger partial charge < -0.3 is 14.5 Å².